The number of aliphatic imine (C=N–C) groups is 1. The Hall–Kier alpha value is -2.03. The molecule has 29 heavy (non-hydrogen) atoms. The molecule has 158 valence electrons. The molecule has 0 unspecified atom stereocenters. The summed E-state index contributed by atoms with van der Waals surface area (Å²) in [6, 6.07) is 10.3. The largest absolute Gasteiger partial charge is 0.490 e. The van der Waals surface area contributed by atoms with Crippen molar-refractivity contribution in [2.75, 3.05) is 14.2 Å². The Morgan fingerprint density at radius 2 is 1.86 bits per heavy atom. The third-order valence-electron chi connectivity index (χ3n) is 4.98. The molecular weight excluding hydrogens is 479 g/mol. The van der Waals surface area contributed by atoms with Gasteiger partial charge < -0.3 is 20.1 Å². The highest BCUT2D eigenvalue weighted by atomic mass is 127. The molecule has 1 aliphatic rings. The topological polar surface area (TPSA) is 67.8 Å². The summed E-state index contributed by atoms with van der Waals surface area (Å²) in [5.74, 6) is 2.32. The van der Waals surface area contributed by atoms with E-state index in [1.165, 1.54) is 18.4 Å². The predicted octanol–water partition coefficient (Wildman–Crippen LogP) is 4.20. The molecule has 0 spiro atoms. The Balaban J connectivity index is 0.00000300. The number of aromatic nitrogens is 1. The number of pyridine rings is 1. The van der Waals surface area contributed by atoms with E-state index in [2.05, 4.69) is 45.7 Å². The lowest BCUT2D eigenvalue weighted by atomic mass is 10.1. The Labute approximate surface area is 190 Å². The van der Waals surface area contributed by atoms with Crippen LogP contribution in [0.3, 0.4) is 0 Å². The first-order chi connectivity index (χ1) is 13.7. The smallest absolute Gasteiger partial charge is 0.218 e. The van der Waals surface area contributed by atoms with Crippen LogP contribution in [0.1, 0.15) is 42.4 Å². The van der Waals surface area contributed by atoms with Gasteiger partial charge in [0.1, 0.15) is 5.75 Å². The van der Waals surface area contributed by atoms with E-state index in [1.807, 2.05) is 12.1 Å². The van der Waals surface area contributed by atoms with Crippen LogP contribution in [0, 0.1) is 6.92 Å². The third kappa shape index (κ3) is 6.76. The van der Waals surface area contributed by atoms with Crippen LogP contribution >= 0.6 is 24.0 Å². The van der Waals surface area contributed by atoms with Crippen molar-refractivity contribution in [3.8, 4) is 11.6 Å². The molecule has 1 saturated carbocycles. The first-order valence-corrected chi connectivity index (χ1v) is 9.88. The van der Waals surface area contributed by atoms with Crippen LogP contribution in [-0.4, -0.2) is 31.2 Å². The van der Waals surface area contributed by atoms with E-state index in [9.17, 15) is 0 Å². The highest BCUT2D eigenvalue weighted by Crippen LogP contribution is 2.27. The van der Waals surface area contributed by atoms with E-state index in [1.54, 1.807) is 20.4 Å². The summed E-state index contributed by atoms with van der Waals surface area (Å²) in [7, 11) is 3.39. The number of hydrogen-bond acceptors (Lipinski definition) is 4. The second-order valence-corrected chi connectivity index (χ2v) is 7.09. The van der Waals surface area contributed by atoms with Crippen LogP contribution in [0.4, 0.5) is 0 Å². The van der Waals surface area contributed by atoms with Gasteiger partial charge in [-0.1, -0.05) is 18.2 Å². The van der Waals surface area contributed by atoms with Gasteiger partial charge in [0.25, 0.3) is 0 Å². The third-order valence-corrected chi connectivity index (χ3v) is 4.98. The van der Waals surface area contributed by atoms with Crippen LogP contribution in [0.15, 0.2) is 41.5 Å². The molecule has 7 heteroatoms. The van der Waals surface area contributed by atoms with Crippen molar-refractivity contribution in [1.29, 1.82) is 0 Å². The van der Waals surface area contributed by atoms with Crippen molar-refractivity contribution in [3.63, 3.8) is 0 Å². The maximum atomic E-state index is 6.29. The maximum Gasteiger partial charge on any atom is 0.218 e. The van der Waals surface area contributed by atoms with Gasteiger partial charge >= 0.3 is 0 Å². The summed E-state index contributed by atoms with van der Waals surface area (Å²) in [6.07, 6.45) is 6.89. The fourth-order valence-electron chi connectivity index (χ4n) is 3.42. The summed E-state index contributed by atoms with van der Waals surface area (Å²) in [5, 5.41) is 6.69. The zero-order valence-corrected chi connectivity index (χ0v) is 19.7. The van der Waals surface area contributed by atoms with E-state index in [-0.39, 0.29) is 24.0 Å². The van der Waals surface area contributed by atoms with Crippen LogP contribution in [0.2, 0.25) is 0 Å². The van der Waals surface area contributed by atoms with Crippen molar-refractivity contribution < 1.29 is 9.47 Å². The summed E-state index contributed by atoms with van der Waals surface area (Å²) in [4.78, 5) is 8.54. The number of nitrogens with one attached hydrogen (secondary N) is 2. The predicted molar refractivity (Wildman–Crippen MR) is 127 cm³/mol. The molecule has 0 radical (unpaired) electrons. The van der Waals surface area contributed by atoms with E-state index in [0.29, 0.717) is 25.1 Å². The SMILES string of the molecule is CN=C(NCc1ccc(C)cc1OC1CCCC1)NCc1cccnc1OC.I. The fourth-order valence-corrected chi connectivity index (χ4v) is 3.42. The van der Waals surface area contributed by atoms with Gasteiger partial charge in [-0.05, 0) is 50.3 Å². The molecule has 3 rings (SSSR count). The second kappa shape index (κ2) is 11.8. The number of nitrogens with zero attached hydrogens (tertiary/aromatic N) is 2. The van der Waals surface area contributed by atoms with Crippen LogP contribution < -0.4 is 20.1 Å². The molecule has 2 N–H and O–H groups in total. The average molecular weight is 510 g/mol. The average Bonchev–Trinajstić information content (AvgIpc) is 3.22. The highest BCUT2D eigenvalue weighted by molar-refractivity contribution is 14.0. The molecule has 0 amide bonds. The molecule has 1 heterocycles. The second-order valence-electron chi connectivity index (χ2n) is 7.09. The molecule has 1 aromatic heterocycles. The van der Waals surface area contributed by atoms with E-state index >= 15 is 0 Å². The monoisotopic (exact) mass is 510 g/mol. The lowest BCUT2D eigenvalue weighted by molar-refractivity contribution is 0.207. The Morgan fingerprint density at radius 3 is 2.55 bits per heavy atom. The summed E-state index contributed by atoms with van der Waals surface area (Å²) in [6.45, 7) is 3.32. The van der Waals surface area contributed by atoms with E-state index in [4.69, 9.17) is 9.47 Å². The quantitative estimate of drug-likeness (QED) is 0.332. The molecule has 0 aliphatic heterocycles. The van der Waals surface area contributed by atoms with Gasteiger partial charge in [0.15, 0.2) is 5.96 Å². The van der Waals surface area contributed by atoms with Crippen molar-refractivity contribution in [2.24, 2.45) is 4.99 Å². The zero-order valence-electron chi connectivity index (χ0n) is 17.4. The first kappa shape index (κ1) is 23.3. The van der Waals surface area contributed by atoms with Crippen molar-refractivity contribution in [2.45, 2.75) is 51.8 Å². The van der Waals surface area contributed by atoms with Gasteiger partial charge in [-0.3, -0.25) is 4.99 Å². The standard InChI is InChI=1S/C22H30N4O2.HI/c1-16-10-11-17(20(13-16)28-19-8-4-5-9-19)14-25-22(23-2)26-15-18-7-6-12-24-21(18)27-3;/h6-7,10-13,19H,4-5,8-9,14-15H2,1-3H3,(H2,23,25,26);1H. The molecule has 1 aromatic carbocycles. The lowest BCUT2D eigenvalue weighted by Crippen LogP contribution is -2.36. The van der Waals surface area contributed by atoms with Gasteiger partial charge in [-0.2, -0.15) is 0 Å². The molecule has 2 aromatic rings. The van der Waals surface area contributed by atoms with Crippen LogP contribution in [0.25, 0.3) is 0 Å². The molecule has 0 bridgehead atoms. The Morgan fingerprint density at radius 1 is 1.14 bits per heavy atom. The molecular formula is C22H31IN4O2. The molecule has 0 saturated heterocycles. The lowest BCUT2D eigenvalue weighted by Gasteiger charge is -2.18. The number of rotatable bonds is 7. The summed E-state index contributed by atoms with van der Waals surface area (Å²) < 4.78 is 11.6. The molecule has 1 fully saturated rings. The number of ether oxygens (including phenoxy) is 2. The van der Waals surface area contributed by atoms with Gasteiger partial charge in [-0.25, -0.2) is 4.98 Å². The summed E-state index contributed by atoms with van der Waals surface area (Å²) >= 11 is 0. The number of aryl methyl sites for hydroxylation is 1. The normalized spacial score (nSPS) is 14.2. The molecule has 1 aliphatic carbocycles. The van der Waals surface area contributed by atoms with Gasteiger partial charge in [0.2, 0.25) is 5.88 Å². The number of benzene rings is 1. The van der Waals surface area contributed by atoms with E-state index in [0.717, 1.165) is 35.7 Å². The molecule has 6 nitrogen and oxygen atoms in total. The zero-order chi connectivity index (χ0) is 19.8. The molecule has 0 atom stereocenters. The minimum absolute atomic E-state index is 0. The highest BCUT2D eigenvalue weighted by Gasteiger charge is 2.18. The van der Waals surface area contributed by atoms with Crippen molar-refractivity contribution >= 4 is 29.9 Å². The first-order valence-electron chi connectivity index (χ1n) is 9.88. The number of hydrogen-bond donors (Lipinski definition) is 2. The van der Waals surface area contributed by atoms with Crippen molar-refractivity contribution in [1.82, 2.24) is 15.6 Å². The summed E-state index contributed by atoms with van der Waals surface area (Å²) in [5.41, 5.74) is 3.33. The van der Waals surface area contributed by atoms with Crippen molar-refractivity contribution in [3.05, 3.63) is 53.2 Å². The Kier molecular flexibility index (Phi) is 9.50. The van der Waals surface area contributed by atoms with E-state index < -0.39 is 0 Å². The van der Waals surface area contributed by atoms with Gasteiger partial charge in [0, 0.05) is 37.5 Å². The minimum Gasteiger partial charge on any atom is -0.490 e. The van der Waals surface area contributed by atoms with Crippen LogP contribution in [-0.2, 0) is 13.1 Å². The van der Waals surface area contributed by atoms with Gasteiger partial charge in [-0.15, -0.1) is 24.0 Å². The Bertz CT molecular complexity index is 807. The van der Waals surface area contributed by atoms with Gasteiger partial charge in [0.05, 0.1) is 13.2 Å². The number of methoxy groups -OCH3 is 1. The van der Waals surface area contributed by atoms with Crippen LogP contribution in [0.5, 0.6) is 11.6 Å². The fraction of sp³-hybridized carbons (Fsp3) is 0.455. The maximum absolute atomic E-state index is 6.29. The minimum atomic E-state index is 0. The number of halogens is 1. The number of guanidine groups is 1.